The van der Waals surface area contributed by atoms with Crippen LogP contribution in [0.3, 0.4) is 0 Å². The summed E-state index contributed by atoms with van der Waals surface area (Å²) in [5, 5.41) is 12.3. The van der Waals surface area contributed by atoms with Crippen molar-refractivity contribution < 1.29 is 9.90 Å². The maximum absolute atomic E-state index is 10.8. The second-order valence-electron chi connectivity index (χ2n) is 4.78. The predicted molar refractivity (Wildman–Crippen MR) is 77.3 cm³/mol. The Bertz CT molecular complexity index is 449. The second-order valence-corrected chi connectivity index (χ2v) is 5.63. The van der Waals surface area contributed by atoms with Gasteiger partial charge in [-0.3, -0.25) is 14.7 Å². The maximum atomic E-state index is 10.8. The van der Waals surface area contributed by atoms with Gasteiger partial charge in [0.1, 0.15) is 0 Å². The molecular formula is C13H18BrN3O2. The molecule has 104 valence electrons. The minimum Gasteiger partial charge on any atom is -0.480 e. The molecule has 0 aromatic carbocycles. The smallest absolute Gasteiger partial charge is 0.317 e. The van der Waals surface area contributed by atoms with Crippen molar-refractivity contribution in [3.05, 3.63) is 22.9 Å². The number of carboxylic acids is 1. The predicted octanol–water partition coefficient (Wildman–Crippen LogP) is 2.19. The number of hydrogen-bond donors (Lipinski definition) is 2. The number of nitrogens with one attached hydrogen (secondary N) is 1. The highest BCUT2D eigenvalue weighted by Crippen LogP contribution is 2.30. The van der Waals surface area contributed by atoms with Gasteiger partial charge in [0.25, 0.3) is 0 Å². The fraction of sp³-hybridized carbons (Fsp3) is 0.538. The summed E-state index contributed by atoms with van der Waals surface area (Å²) in [7, 11) is 0. The van der Waals surface area contributed by atoms with Crippen molar-refractivity contribution in [3.63, 3.8) is 0 Å². The quantitative estimate of drug-likeness (QED) is 0.838. The fourth-order valence-electron chi connectivity index (χ4n) is 2.39. The van der Waals surface area contributed by atoms with Crippen LogP contribution in [-0.4, -0.2) is 46.1 Å². The minimum absolute atomic E-state index is 0.132. The highest BCUT2D eigenvalue weighted by Gasteiger charge is 2.33. The van der Waals surface area contributed by atoms with E-state index in [0.29, 0.717) is 12.1 Å². The summed E-state index contributed by atoms with van der Waals surface area (Å²) in [6.07, 6.45) is 5.49. The number of halogens is 1. The topological polar surface area (TPSA) is 65.5 Å². The lowest BCUT2D eigenvalue weighted by Crippen LogP contribution is -2.51. The molecule has 0 bridgehead atoms. The van der Waals surface area contributed by atoms with Crippen LogP contribution in [0, 0.1) is 0 Å². The lowest BCUT2D eigenvalue weighted by Gasteiger charge is -2.42. The Balaban J connectivity index is 1.83. The molecule has 0 radical (unpaired) electrons. The summed E-state index contributed by atoms with van der Waals surface area (Å²) in [5.41, 5.74) is 1.04. The molecule has 0 saturated heterocycles. The molecule has 1 aromatic rings. The molecule has 1 saturated carbocycles. The van der Waals surface area contributed by atoms with Gasteiger partial charge in [-0.25, -0.2) is 0 Å². The van der Waals surface area contributed by atoms with Gasteiger partial charge in [0.2, 0.25) is 0 Å². The fourth-order valence-corrected chi connectivity index (χ4v) is 2.75. The van der Waals surface area contributed by atoms with Crippen LogP contribution in [0.5, 0.6) is 0 Å². The number of aromatic nitrogens is 1. The Morgan fingerprint density at radius 2 is 2.37 bits per heavy atom. The van der Waals surface area contributed by atoms with Crippen LogP contribution in [0.4, 0.5) is 5.69 Å². The molecule has 1 heterocycles. The second kappa shape index (κ2) is 6.34. The summed E-state index contributed by atoms with van der Waals surface area (Å²) in [6, 6.07) is 2.72. The van der Waals surface area contributed by atoms with Gasteiger partial charge in [-0.05, 0) is 41.4 Å². The molecule has 1 aliphatic rings. The molecule has 0 atom stereocenters. The van der Waals surface area contributed by atoms with Gasteiger partial charge in [-0.1, -0.05) is 6.92 Å². The molecule has 1 aromatic heterocycles. The standard InChI is InChI=1S/C13H18BrN3O2/c1-2-17(8-13(18)19)10-5-9(6-10)16-12-3-4-15-7-11(12)14/h3-4,7,9-10H,2,5-6,8H2,1H3,(H,15,16)(H,18,19). The summed E-state index contributed by atoms with van der Waals surface area (Å²) < 4.78 is 0.955. The number of hydrogen-bond acceptors (Lipinski definition) is 4. The van der Waals surface area contributed by atoms with E-state index in [-0.39, 0.29) is 6.54 Å². The number of nitrogens with zero attached hydrogens (tertiary/aromatic N) is 2. The molecule has 0 spiro atoms. The third-order valence-corrected chi connectivity index (χ3v) is 4.14. The summed E-state index contributed by atoms with van der Waals surface area (Å²) in [5.74, 6) is -0.755. The Morgan fingerprint density at radius 1 is 1.63 bits per heavy atom. The van der Waals surface area contributed by atoms with Gasteiger partial charge in [-0.15, -0.1) is 0 Å². The highest BCUT2D eigenvalue weighted by atomic mass is 79.9. The van der Waals surface area contributed by atoms with Gasteiger partial charge < -0.3 is 10.4 Å². The first-order valence-electron chi connectivity index (χ1n) is 6.42. The van der Waals surface area contributed by atoms with E-state index in [1.807, 2.05) is 17.9 Å². The van der Waals surface area contributed by atoms with Crippen molar-refractivity contribution in [1.82, 2.24) is 9.88 Å². The van der Waals surface area contributed by atoms with E-state index in [1.165, 1.54) is 0 Å². The van der Waals surface area contributed by atoms with Crippen molar-refractivity contribution in [3.8, 4) is 0 Å². The molecule has 1 aliphatic carbocycles. The number of pyridine rings is 1. The van der Waals surface area contributed by atoms with Crippen LogP contribution in [0.1, 0.15) is 19.8 Å². The molecule has 1 fully saturated rings. The molecule has 0 amide bonds. The average Bonchev–Trinajstić information content (AvgIpc) is 2.32. The first kappa shape index (κ1) is 14.3. The zero-order valence-electron chi connectivity index (χ0n) is 10.8. The zero-order chi connectivity index (χ0) is 13.8. The maximum Gasteiger partial charge on any atom is 0.317 e. The number of anilines is 1. The van der Waals surface area contributed by atoms with E-state index in [1.54, 1.807) is 12.4 Å². The van der Waals surface area contributed by atoms with Gasteiger partial charge in [-0.2, -0.15) is 0 Å². The van der Waals surface area contributed by atoms with E-state index in [0.717, 1.165) is 29.5 Å². The van der Waals surface area contributed by atoms with E-state index >= 15 is 0 Å². The van der Waals surface area contributed by atoms with Crippen LogP contribution in [0.2, 0.25) is 0 Å². The average molecular weight is 328 g/mol. The van der Waals surface area contributed by atoms with Gasteiger partial charge in [0, 0.05) is 24.5 Å². The number of rotatable bonds is 6. The molecule has 2 rings (SSSR count). The SMILES string of the molecule is CCN(CC(=O)O)C1CC(Nc2ccncc2Br)C1. The number of aliphatic carboxylic acids is 1. The lowest BCUT2D eigenvalue weighted by atomic mass is 9.85. The van der Waals surface area contributed by atoms with Crippen molar-refractivity contribution in [1.29, 1.82) is 0 Å². The van der Waals surface area contributed by atoms with Crippen LogP contribution in [0.15, 0.2) is 22.9 Å². The first-order chi connectivity index (χ1) is 9.10. The zero-order valence-corrected chi connectivity index (χ0v) is 12.4. The van der Waals surface area contributed by atoms with Crippen molar-refractivity contribution in [2.45, 2.75) is 31.8 Å². The summed E-state index contributed by atoms with van der Waals surface area (Å²) in [4.78, 5) is 16.8. The summed E-state index contributed by atoms with van der Waals surface area (Å²) >= 11 is 3.46. The molecule has 6 heteroatoms. The van der Waals surface area contributed by atoms with Crippen molar-refractivity contribution in [2.75, 3.05) is 18.4 Å². The molecule has 0 unspecified atom stereocenters. The first-order valence-corrected chi connectivity index (χ1v) is 7.21. The molecule has 2 N–H and O–H groups in total. The Labute approximate surface area is 121 Å². The van der Waals surface area contributed by atoms with E-state index in [9.17, 15) is 4.79 Å². The molecule has 0 aliphatic heterocycles. The van der Waals surface area contributed by atoms with Gasteiger partial charge in [0.15, 0.2) is 0 Å². The minimum atomic E-state index is -0.755. The van der Waals surface area contributed by atoms with Gasteiger partial charge in [0.05, 0.1) is 16.7 Å². The van der Waals surface area contributed by atoms with E-state index in [4.69, 9.17) is 5.11 Å². The monoisotopic (exact) mass is 327 g/mol. The third kappa shape index (κ3) is 3.67. The third-order valence-electron chi connectivity index (χ3n) is 3.51. The number of carboxylic acid groups (broad SMARTS) is 1. The largest absolute Gasteiger partial charge is 0.480 e. The number of likely N-dealkylation sites (N-methyl/N-ethyl adjacent to an activating group) is 1. The van der Waals surface area contributed by atoms with Gasteiger partial charge >= 0.3 is 5.97 Å². The highest BCUT2D eigenvalue weighted by molar-refractivity contribution is 9.10. The van der Waals surface area contributed by atoms with Crippen molar-refractivity contribution in [2.24, 2.45) is 0 Å². The van der Waals surface area contributed by atoms with Crippen molar-refractivity contribution >= 4 is 27.6 Å². The summed E-state index contributed by atoms with van der Waals surface area (Å²) in [6.45, 7) is 2.92. The Hall–Kier alpha value is -1.14. The normalized spacial score (nSPS) is 22.1. The van der Waals surface area contributed by atoms with E-state index < -0.39 is 5.97 Å². The number of carbonyl (C=O) groups is 1. The Kier molecular flexibility index (Phi) is 4.76. The van der Waals surface area contributed by atoms with Crippen LogP contribution in [-0.2, 0) is 4.79 Å². The van der Waals surface area contributed by atoms with Crippen LogP contribution >= 0.6 is 15.9 Å². The molecular weight excluding hydrogens is 310 g/mol. The van der Waals surface area contributed by atoms with Crippen LogP contribution in [0.25, 0.3) is 0 Å². The Morgan fingerprint density at radius 3 is 2.95 bits per heavy atom. The van der Waals surface area contributed by atoms with E-state index in [2.05, 4.69) is 26.2 Å². The molecule has 5 nitrogen and oxygen atoms in total. The molecule has 19 heavy (non-hydrogen) atoms. The van der Waals surface area contributed by atoms with Crippen LogP contribution < -0.4 is 5.32 Å². The lowest BCUT2D eigenvalue weighted by molar-refractivity contribution is -0.139.